The fraction of sp³-hybridized carbons (Fsp3) is 0.350. The van der Waals surface area contributed by atoms with Crippen LogP contribution in [0.1, 0.15) is 42.2 Å². The van der Waals surface area contributed by atoms with Crippen LogP contribution in [-0.4, -0.2) is 20.1 Å². The molecule has 0 aliphatic heterocycles. The van der Waals surface area contributed by atoms with Gasteiger partial charge in [-0.15, -0.1) is 0 Å². The Balaban J connectivity index is 2.20. The van der Waals surface area contributed by atoms with E-state index in [0.29, 0.717) is 5.92 Å². The number of benzene rings is 2. The van der Waals surface area contributed by atoms with E-state index in [2.05, 4.69) is 19.2 Å². The minimum absolute atomic E-state index is 0.116. The quantitative estimate of drug-likeness (QED) is 0.811. The van der Waals surface area contributed by atoms with Gasteiger partial charge in [-0.1, -0.05) is 26.0 Å². The van der Waals surface area contributed by atoms with Gasteiger partial charge in [-0.25, -0.2) is 4.39 Å². The van der Waals surface area contributed by atoms with Crippen molar-refractivity contribution in [2.24, 2.45) is 5.92 Å². The lowest BCUT2D eigenvalue weighted by Crippen LogP contribution is -2.29. The van der Waals surface area contributed by atoms with E-state index in [4.69, 9.17) is 9.47 Å². The van der Waals surface area contributed by atoms with E-state index in [1.165, 1.54) is 19.2 Å². The third kappa shape index (κ3) is 4.95. The number of ether oxygens (including phenoxy) is 2. The minimum atomic E-state index is -0.556. The summed E-state index contributed by atoms with van der Waals surface area (Å²) in [6, 6.07) is 11.6. The Morgan fingerprint density at radius 2 is 1.76 bits per heavy atom. The molecule has 0 heterocycles. The first-order valence-electron chi connectivity index (χ1n) is 8.23. The number of amides is 1. The van der Waals surface area contributed by atoms with Crippen LogP contribution in [0.15, 0.2) is 42.5 Å². The zero-order valence-electron chi connectivity index (χ0n) is 15.0. The predicted molar refractivity (Wildman–Crippen MR) is 95.6 cm³/mol. The average molecular weight is 345 g/mol. The number of hydrogen-bond donors (Lipinski definition) is 1. The highest BCUT2D eigenvalue weighted by atomic mass is 19.1. The summed E-state index contributed by atoms with van der Waals surface area (Å²) in [6.07, 6.45) is 0.775. The summed E-state index contributed by atoms with van der Waals surface area (Å²) in [5, 5.41) is 3.00. The smallest absolute Gasteiger partial charge is 0.251 e. The Morgan fingerprint density at radius 3 is 2.28 bits per heavy atom. The molecule has 4 nitrogen and oxygen atoms in total. The van der Waals surface area contributed by atoms with Gasteiger partial charge in [0.25, 0.3) is 5.91 Å². The first-order chi connectivity index (χ1) is 11.9. The van der Waals surface area contributed by atoms with Crippen LogP contribution in [-0.2, 0) is 0 Å². The average Bonchev–Trinajstić information content (AvgIpc) is 2.60. The molecule has 1 unspecified atom stereocenters. The molecule has 2 aromatic rings. The lowest BCUT2D eigenvalue weighted by Gasteiger charge is -2.21. The van der Waals surface area contributed by atoms with Crippen molar-refractivity contribution in [2.45, 2.75) is 26.3 Å². The maximum atomic E-state index is 13.8. The van der Waals surface area contributed by atoms with E-state index in [9.17, 15) is 9.18 Å². The highest BCUT2D eigenvalue weighted by Gasteiger charge is 2.18. The van der Waals surface area contributed by atoms with Crippen molar-refractivity contribution in [1.29, 1.82) is 0 Å². The van der Waals surface area contributed by atoms with E-state index in [-0.39, 0.29) is 23.3 Å². The molecular formula is C20H24FNO3. The fourth-order valence-corrected chi connectivity index (χ4v) is 2.64. The van der Waals surface area contributed by atoms with Gasteiger partial charge in [0.05, 0.1) is 20.3 Å². The monoisotopic (exact) mass is 345 g/mol. The van der Waals surface area contributed by atoms with E-state index >= 15 is 0 Å². The molecular weight excluding hydrogens is 321 g/mol. The van der Waals surface area contributed by atoms with Crippen LogP contribution in [0, 0.1) is 11.7 Å². The molecule has 0 aliphatic rings. The van der Waals surface area contributed by atoms with E-state index in [1.54, 1.807) is 13.2 Å². The molecule has 0 saturated carbocycles. The molecule has 25 heavy (non-hydrogen) atoms. The minimum Gasteiger partial charge on any atom is -0.497 e. The number of rotatable bonds is 7. The summed E-state index contributed by atoms with van der Waals surface area (Å²) in [5.74, 6) is 0.393. The van der Waals surface area contributed by atoms with E-state index in [1.807, 2.05) is 24.3 Å². The number of halogens is 1. The molecule has 2 aromatic carbocycles. The normalized spacial score (nSPS) is 11.9. The molecule has 0 radical (unpaired) electrons. The van der Waals surface area contributed by atoms with Crippen LogP contribution in [0.5, 0.6) is 11.5 Å². The Kier molecular flexibility index (Phi) is 6.39. The van der Waals surface area contributed by atoms with Gasteiger partial charge in [0.15, 0.2) is 11.6 Å². The van der Waals surface area contributed by atoms with E-state index < -0.39 is 5.82 Å². The zero-order chi connectivity index (χ0) is 18.4. The Labute approximate surface area is 148 Å². The molecule has 5 heteroatoms. The van der Waals surface area contributed by atoms with Crippen molar-refractivity contribution in [1.82, 2.24) is 5.32 Å². The van der Waals surface area contributed by atoms with Crippen molar-refractivity contribution >= 4 is 5.91 Å². The van der Waals surface area contributed by atoms with Crippen molar-refractivity contribution in [3.05, 3.63) is 59.4 Å². The molecule has 0 aliphatic carbocycles. The van der Waals surface area contributed by atoms with Gasteiger partial charge in [0.2, 0.25) is 0 Å². The number of hydrogen-bond acceptors (Lipinski definition) is 3. The fourth-order valence-electron chi connectivity index (χ4n) is 2.64. The van der Waals surface area contributed by atoms with Gasteiger partial charge in [-0.3, -0.25) is 4.79 Å². The number of methoxy groups -OCH3 is 2. The zero-order valence-corrected chi connectivity index (χ0v) is 15.0. The number of carbonyl (C=O) groups excluding carboxylic acids is 1. The Hall–Kier alpha value is -2.56. The van der Waals surface area contributed by atoms with Crippen LogP contribution in [0.25, 0.3) is 0 Å². The van der Waals surface area contributed by atoms with Gasteiger partial charge in [-0.2, -0.15) is 0 Å². The number of nitrogens with one attached hydrogen (secondary N) is 1. The van der Waals surface area contributed by atoms with Gasteiger partial charge < -0.3 is 14.8 Å². The summed E-state index contributed by atoms with van der Waals surface area (Å²) in [4.78, 5) is 12.5. The van der Waals surface area contributed by atoms with Gasteiger partial charge in [-0.05, 0) is 48.2 Å². The third-order valence-corrected chi connectivity index (χ3v) is 3.94. The highest BCUT2D eigenvalue weighted by Crippen LogP contribution is 2.25. The summed E-state index contributed by atoms with van der Waals surface area (Å²) >= 11 is 0. The maximum absolute atomic E-state index is 13.8. The molecule has 0 fully saturated rings. The molecule has 134 valence electrons. The van der Waals surface area contributed by atoms with Crippen molar-refractivity contribution in [3.63, 3.8) is 0 Å². The standard InChI is InChI=1S/C20H24FNO3/c1-13(2)11-18(14-5-8-16(24-3)9-6-14)22-20(23)15-7-10-19(25-4)17(21)12-15/h5-10,12-13,18H,11H2,1-4H3,(H,22,23). The van der Waals surface area contributed by atoms with Crippen molar-refractivity contribution in [3.8, 4) is 11.5 Å². The summed E-state index contributed by atoms with van der Waals surface area (Å²) < 4.78 is 23.9. The first kappa shape index (κ1) is 18.8. The van der Waals surface area contributed by atoms with Crippen LogP contribution in [0.4, 0.5) is 4.39 Å². The van der Waals surface area contributed by atoms with Crippen LogP contribution in [0.3, 0.4) is 0 Å². The Morgan fingerprint density at radius 1 is 1.08 bits per heavy atom. The van der Waals surface area contributed by atoms with Crippen LogP contribution >= 0.6 is 0 Å². The topological polar surface area (TPSA) is 47.6 Å². The highest BCUT2D eigenvalue weighted by molar-refractivity contribution is 5.94. The van der Waals surface area contributed by atoms with Crippen molar-refractivity contribution in [2.75, 3.05) is 14.2 Å². The molecule has 0 aromatic heterocycles. The molecule has 1 amide bonds. The maximum Gasteiger partial charge on any atom is 0.251 e. The molecule has 1 N–H and O–H groups in total. The second-order valence-electron chi connectivity index (χ2n) is 6.28. The molecule has 0 spiro atoms. The summed E-state index contributed by atoms with van der Waals surface area (Å²) in [7, 11) is 3.00. The predicted octanol–water partition coefficient (Wildman–Crippen LogP) is 4.36. The SMILES string of the molecule is COc1ccc(C(CC(C)C)NC(=O)c2ccc(OC)c(F)c2)cc1. The van der Waals surface area contributed by atoms with Gasteiger partial charge in [0.1, 0.15) is 5.75 Å². The largest absolute Gasteiger partial charge is 0.497 e. The second kappa shape index (κ2) is 8.51. The van der Waals surface area contributed by atoms with E-state index in [0.717, 1.165) is 17.7 Å². The Bertz CT molecular complexity index is 713. The lowest BCUT2D eigenvalue weighted by atomic mass is 9.96. The molecule has 1 atom stereocenters. The summed E-state index contributed by atoms with van der Waals surface area (Å²) in [6.45, 7) is 4.19. The third-order valence-electron chi connectivity index (χ3n) is 3.94. The summed E-state index contributed by atoms with van der Waals surface area (Å²) in [5.41, 5.74) is 1.25. The number of carbonyl (C=O) groups is 1. The van der Waals surface area contributed by atoms with Crippen LogP contribution in [0.2, 0.25) is 0 Å². The lowest BCUT2D eigenvalue weighted by molar-refractivity contribution is 0.0931. The first-order valence-corrected chi connectivity index (χ1v) is 8.23. The van der Waals surface area contributed by atoms with Gasteiger partial charge in [0, 0.05) is 5.56 Å². The van der Waals surface area contributed by atoms with Gasteiger partial charge >= 0.3 is 0 Å². The van der Waals surface area contributed by atoms with Crippen LogP contribution < -0.4 is 14.8 Å². The molecule has 2 rings (SSSR count). The second-order valence-corrected chi connectivity index (χ2v) is 6.28. The molecule has 0 bridgehead atoms. The van der Waals surface area contributed by atoms with Crippen molar-refractivity contribution < 1.29 is 18.7 Å². The molecule has 0 saturated heterocycles.